The summed E-state index contributed by atoms with van der Waals surface area (Å²) in [6.45, 7) is -0.516. The predicted molar refractivity (Wildman–Crippen MR) is 251 cm³/mol. The van der Waals surface area contributed by atoms with E-state index in [0.717, 1.165) is 8.61 Å². The van der Waals surface area contributed by atoms with Crippen molar-refractivity contribution in [3.63, 3.8) is 0 Å². The molecular formula is C46H43Cl3F4N6O9S2. The van der Waals surface area contributed by atoms with E-state index in [-0.39, 0.29) is 93.6 Å². The Morgan fingerprint density at radius 3 is 2.00 bits per heavy atom. The summed E-state index contributed by atoms with van der Waals surface area (Å²) in [5.41, 5.74) is 1.07. The lowest BCUT2D eigenvalue weighted by molar-refractivity contribution is -0.147. The highest BCUT2D eigenvalue weighted by atomic mass is 35.5. The molecule has 8 rings (SSSR count). The summed E-state index contributed by atoms with van der Waals surface area (Å²) in [4.78, 5) is 12.2. The first kappa shape index (κ1) is 50.8. The standard InChI is InChI=1S/C46H43Cl3F4N6O9S2/c1-4-66-45(61)29-14-28-11-12-30(67-23-34-36(47)7-5-9-38(34)50)16-40(28)59(19-29)70(64,65)43-21-56(55-44(43)49)26(3)32-15-31(68-24-35-37(48)8-6-10-39(35)51)17-41-33(32)13-27(22-60)18-58(41)69(62,63)42-20-57(46(52)53)54-25(42)2/h5-12,15-17,20-21,26-27,29,46,60H,4,13-14,18-19,22-24H2,1-3H3. The van der Waals surface area contributed by atoms with E-state index in [1.54, 1.807) is 26.0 Å². The molecule has 0 saturated heterocycles. The van der Waals surface area contributed by atoms with E-state index >= 15 is 0 Å². The number of hydrogen-bond acceptors (Lipinski definition) is 11. The minimum atomic E-state index is -4.71. The van der Waals surface area contributed by atoms with Crippen LogP contribution in [0.1, 0.15) is 59.9 Å². The number of fused-ring (bicyclic) bond motifs is 2. The van der Waals surface area contributed by atoms with E-state index in [4.69, 9.17) is 49.0 Å². The number of alkyl halides is 2. The Morgan fingerprint density at radius 1 is 0.800 bits per heavy atom. The van der Waals surface area contributed by atoms with Crippen LogP contribution in [0.3, 0.4) is 0 Å². The largest absolute Gasteiger partial charge is 0.489 e. The van der Waals surface area contributed by atoms with Gasteiger partial charge >= 0.3 is 12.5 Å². The van der Waals surface area contributed by atoms with Crippen molar-refractivity contribution in [1.82, 2.24) is 19.6 Å². The zero-order chi connectivity index (χ0) is 50.4. The number of halogens is 7. The van der Waals surface area contributed by atoms with Crippen LogP contribution in [-0.2, 0) is 55.6 Å². The molecule has 0 radical (unpaired) electrons. The number of ether oxygens (including phenoxy) is 3. The zero-order valence-electron chi connectivity index (χ0n) is 37.3. The van der Waals surface area contributed by atoms with Crippen molar-refractivity contribution in [3.8, 4) is 11.5 Å². The number of aromatic nitrogens is 4. The third kappa shape index (κ3) is 9.87. The lowest BCUT2D eigenvalue weighted by Gasteiger charge is -2.36. The number of carbonyl (C=O) groups is 1. The highest BCUT2D eigenvalue weighted by Crippen LogP contribution is 2.44. The number of aliphatic hydroxyl groups is 1. The molecule has 3 unspecified atom stereocenters. The summed E-state index contributed by atoms with van der Waals surface area (Å²) in [7, 11) is -9.40. The molecule has 4 aromatic carbocycles. The van der Waals surface area contributed by atoms with Crippen LogP contribution in [0.15, 0.2) is 88.9 Å². The van der Waals surface area contributed by atoms with Crippen LogP contribution in [0.4, 0.5) is 28.9 Å². The molecule has 6 aromatic rings. The molecule has 24 heteroatoms. The van der Waals surface area contributed by atoms with Crippen LogP contribution in [0.2, 0.25) is 15.2 Å². The molecule has 0 amide bonds. The maximum absolute atomic E-state index is 15.0. The van der Waals surface area contributed by atoms with Gasteiger partial charge in [0.05, 0.1) is 51.9 Å². The lowest BCUT2D eigenvalue weighted by atomic mass is 9.88. The number of aryl methyl sites for hydroxylation is 1. The van der Waals surface area contributed by atoms with Gasteiger partial charge in [0.25, 0.3) is 20.0 Å². The molecule has 1 N–H and O–H groups in total. The SMILES string of the molecule is CCOC(=O)C1Cc2ccc(OCc3c(F)cccc3Cl)cc2N(S(=O)(=O)c2cn(C(C)c3cc(OCc4c(F)cccc4Cl)cc4c3CC(CO)CN4S(=O)(=O)c3cn(C(F)F)nc3C)nc2Cl)C1. The van der Waals surface area contributed by atoms with Crippen LogP contribution in [0.25, 0.3) is 0 Å². The molecule has 2 aliphatic rings. The Balaban J connectivity index is 1.21. The van der Waals surface area contributed by atoms with Crippen LogP contribution >= 0.6 is 34.8 Å². The normalized spacial score (nSPS) is 16.5. The molecule has 0 fully saturated rings. The maximum atomic E-state index is 15.0. The monoisotopic (exact) mass is 1070 g/mol. The Bertz CT molecular complexity index is 3180. The summed E-state index contributed by atoms with van der Waals surface area (Å²) < 4.78 is 137. The van der Waals surface area contributed by atoms with Gasteiger partial charge < -0.3 is 19.3 Å². The lowest BCUT2D eigenvalue weighted by Crippen LogP contribution is -2.43. The van der Waals surface area contributed by atoms with Crippen LogP contribution in [-0.4, -0.2) is 73.8 Å². The quantitative estimate of drug-likeness (QED) is 0.0723. The van der Waals surface area contributed by atoms with Gasteiger partial charge in [0.15, 0.2) is 5.15 Å². The van der Waals surface area contributed by atoms with Gasteiger partial charge in [-0.3, -0.25) is 18.1 Å². The molecule has 2 aromatic heterocycles. The number of sulfonamides is 2. The number of esters is 1. The Kier molecular flexibility index (Phi) is 14.7. The van der Waals surface area contributed by atoms with Gasteiger partial charge in [0.1, 0.15) is 46.1 Å². The summed E-state index contributed by atoms with van der Waals surface area (Å²) in [5, 5.41) is 18.3. The third-order valence-electron chi connectivity index (χ3n) is 12.1. The fourth-order valence-electron chi connectivity index (χ4n) is 8.48. The van der Waals surface area contributed by atoms with Gasteiger partial charge in [-0.1, -0.05) is 53.0 Å². The molecule has 3 atom stereocenters. The molecule has 15 nitrogen and oxygen atoms in total. The number of aliphatic hydroxyl groups excluding tert-OH is 1. The first-order chi connectivity index (χ1) is 33.2. The van der Waals surface area contributed by atoms with Gasteiger partial charge in [-0.25, -0.2) is 30.3 Å². The van der Waals surface area contributed by atoms with Crippen molar-refractivity contribution in [3.05, 3.63) is 139 Å². The van der Waals surface area contributed by atoms with Crippen molar-refractivity contribution < 1.29 is 58.5 Å². The topological polar surface area (TPSA) is 175 Å². The number of nitrogens with zero attached hydrogens (tertiary/aromatic N) is 6. The van der Waals surface area contributed by atoms with E-state index in [1.165, 1.54) is 72.4 Å². The average Bonchev–Trinajstić information content (AvgIpc) is 3.93. The van der Waals surface area contributed by atoms with Gasteiger partial charge in [-0.05, 0) is 86.7 Å². The van der Waals surface area contributed by atoms with E-state index in [9.17, 15) is 44.3 Å². The van der Waals surface area contributed by atoms with Gasteiger partial charge in [-0.2, -0.15) is 19.0 Å². The van der Waals surface area contributed by atoms with Crippen molar-refractivity contribution in [1.29, 1.82) is 0 Å². The Labute approximate surface area is 415 Å². The zero-order valence-corrected chi connectivity index (χ0v) is 41.2. The van der Waals surface area contributed by atoms with Crippen LogP contribution < -0.4 is 18.1 Å². The number of hydrogen-bond donors (Lipinski definition) is 1. The maximum Gasteiger partial charge on any atom is 0.333 e. The van der Waals surface area contributed by atoms with E-state index < -0.39 is 90.2 Å². The highest BCUT2D eigenvalue weighted by Gasteiger charge is 2.41. The predicted octanol–water partition coefficient (Wildman–Crippen LogP) is 9.08. The van der Waals surface area contributed by atoms with Crippen molar-refractivity contribution in [2.75, 3.05) is 34.9 Å². The molecule has 4 heterocycles. The van der Waals surface area contributed by atoms with Gasteiger partial charge in [0.2, 0.25) is 0 Å². The second-order valence-corrected chi connectivity index (χ2v) is 21.4. The first-order valence-corrected chi connectivity index (χ1v) is 25.6. The van der Waals surface area contributed by atoms with Crippen molar-refractivity contribution >= 4 is 72.2 Å². The van der Waals surface area contributed by atoms with Crippen molar-refractivity contribution in [2.24, 2.45) is 11.8 Å². The second kappa shape index (κ2) is 20.3. The summed E-state index contributed by atoms with van der Waals surface area (Å²) in [6.07, 6.45) is 2.05. The van der Waals surface area contributed by atoms with Crippen molar-refractivity contribution in [2.45, 2.75) is 69.2 Å². The molecule has 2 aliphatic heterocycles. The minimum absolute atomic E-state index is 0.00103. The van der Waals surface area contributed by atoms with Crippen LogP contribution in [0, 0.1) is 30.4 Å². The van der Waals surface area contributed by atoms with Crippen LogP contribution in [0.5, 0.6) is 11.5 Å². The summed E-state index contributed by atoms with van der Waals surface area (Å²) in [5.74, 6) is -3.45. The molecule has 0 saturated carbocycles. The molecular weight excluding hydrogens is 1030 g/mol. The molecule has 372 valence electrons. The fourth-order valence-corrected chi connectivity index (χ4v) is 12.6. The van der Waals surface area contributed by atoms with E-state index in [1.807, 2.05) is 0 Å². The number of rotatable bonds is 16. The van der Waals surface area contributed by atoms with Gasteiger partial charge in [0, 0.05) is 55.1 Å². The Morgan fingerprint density at radius 2 is 1.40 bits per heavy atom. The highest BCUT2D eigenvalue weighted by molar-refractivity contribution is 7.93. The smallest absolute Gasteiger partial charge is 0.333 e. The number of carbonyl (C=O) groups excluding carboxylic acids is 1. The first-order valence-electron chi connectivity index (χ1n) is 21.6. The van der Waals surface area contributed by atoms with Gasteiger partial charge in [-0.15, -0.1) is 0 Å². The number of benzene rings is 4. The second-order valence-electron chi connectivity index (χ2n) is 16.5. The van der Waals surface area contributed by atoms with E-state index in [2.05, 4.69) is 10.2 Å². The molecule has 0 aliphatic carbocycles. The fraction of sp³-hybridized carbons (Fsp3) is 0.326. The minimum Gasteiger partial charge on any atom is -0.489 e. The average molecular weight is 1070 g/mol. The molecule has 0 spiro atoms. The summed E-state index contributed by atoms with van der Waals surface area (Å²) >= 11 is 19.3. The molecule has 70 heavy (non-hydrogen) atoms. The third-order valence-corrected chi connectivity index (χ3v) is 16.8. The molecule has 0 bridgehead atoms. The summed E-state index contributed by atoms with van der Waals surface area (Å²) in [6, 6.07) is 14.7. The van der Waals surface area contributed by atoms with E-state index in [0.29, 0.717) is 22.9 Å². The number of anilines is 2. The Hall–Kier alpha value is -5.58.